The Morgan fingerprint density at radius 1 is 1.00 bits per heavy atom. The van der Waals surface area contributed by atoms with Crippen LogP contribution in [-0.2, 0) is 6.54 Å². The lowest BCUT2D eigenvalue weighted by molar-refractivity contribution is 0.757. The van der Waals surface area contributed by atoms with Gasteiger partial charge >= 0.3 is 0 Å². The van der Waals surface area contributed by atoms with Gasteiger partial charge in [0.05, 0.1) is 6.54 Å². The van der Waals surface area contributed by atoms with Crippen LogP contribution in [0.4, 0.5) is 0 Å². The van der Waals surface area contributed by atoms with Gasteiger partial charge in [-0.25, -0.2) is 0 Å². The molecule has 3 rings (SSSR count). The van der Waals surface area contributed by atoms with Crippen molar-refractivity contribution in [2.24, 2.45) is 0 Å². The summed E-state index contributed by atoms with van der Waals surface area (Å²) in [6.07, 6.45) is 1.76. The second kappa shape index (κ2) is 6.33. The van der Waals surface area contributed by atoms with Gasteiger partial charge in [-0.3, -0.25) is 4.79 Å². The van der Waals surface area contributed by atoms with Crippen molar-refractivity contribution in [2.75, 3.05) is 0 Å². The van der Waals surface area contributed by atoms with Crippen molar-refractivity contribution in [3.63, 3.8) is 0 Å². The third kappa shape index (κ3) is 3.07. The van der Waals surface area contributed by atoms with Crippen molar-refractivity contribution in [1.82, 2.24) is 4.57 Å². The molecule has 112 valence electrons. The number of nitrogens with zero attached hydrogens (tertiary/aromatic N) is 2. The normalized spacial score (nSPS) is 10.3. The van der Waals surface area contributed by atoms with Crippen molar-refractivity contribution in [1.29, 1.82) is 5.26 Å². The minimum Gasteiger partial charge on any atom is -0.310 e. The minimum atomic E-state index is -0.255. The average molecular weight is 300 g/mol. The van der Waals surface area contributed by atoms with Crippen LogP contribution in [0.15, 0.2) is 71.7 Å². The van der Waals surface area contributed by atoms with Gasteiger partial charge in [0.2, 0.25) is 0 Å². The first kappa shape index (κ1) is 14.8. The molecule has 0 aliphatic heterocycles. The van der Waals surface area contributed by atoms with Gasteiger partial charge in [0, 0.05) is 11.8 Å². The largest absolute Gasteiger partial charge is 0.310 e. The summed E-state index contributed by atoms with van der Waals surface area (Å²) in [5.41, 5.74) is 3.70. The van der Waals surface area contributed by atoms with Crippen LogP contribution in [0, 0.1) is 18.3 Å². The number of aromatic nitrogens is 1. The van der Waals surface area contributed by atoms with E-state index in [9.17, 15) is 10.1 Å². The molecule has 1 heterocycles. The fourth-order valence-electron chi connectivity index (χ4n) is 2.56. The van der Waals surface area contributed by atoms with Crippen LogP contribution in [0.25, 0.3) is 11.1 Å². The molecule has 23 heavy (non-hydrogen) atoms. The Hall–Kier alpha value is -3.12. The van der Waals surface area contributed by atoms with Gasteiger partial charge in [-0.15, -0.1) is 0 Å². The predicted octanol–water partition coefficient (Wildman–Crippen LogP) is 3.74. The zero-order chi connectivity index (χ0) is 16.2. The number of aryl methyl sites for hydroxylation is 1. The van der Waals surface area contributed by atoms with Crippen LogP contribution in [0.5, 0.6) is 0 Å². The first-order valence-corrected chi connectivity index (χ1v) is 7.43. The molecule has 0 aliphatic carbocycles. The average Bonchev–Trinajstić information content (AvgIpc) is 2.59. The van der Waals surface area contributed by atoms with Crippen LogP contribution in [-0.4, -0.2) is 4.57 Å². The van der Waals surface area contributed by atoms with Crippen molar-refractivity contribution in [3.8, 4) is 17.2 Å². The topological polar surface area (TPSA) is 45.8 Å². The lowest BCUT2D eigenvalue weighted by Crippen LogP contribution is -2.23. The fourth-order valence-corrected chi connectivity index (χ4v) is 2.56. The Morgan fingerprint density at radius 3 is 2.35 bits per heavy atom. The molecule has 0 aliphatic rings. The van der Waals surface area contributed by atoms with E-state index in [0.717, 1.165) is 11.1 Å². The highest BCUT2D eigenvalue weighted by atomic mass is 16.1. The zero-order valence-corrected chi connectivity index (χ0v) is 12.9. The minimum absolute atomic E-state index is 0.186. The van der Waals surface area contributed by atoms with Gasteiger partial charge in [-0.05, 0) is 24.1 Å². The Bertz CT molecular complexity index is 917. The van der Waals surface area contributed by atoms with Gasteiger partial charge in [-0.2, -0.15) is 5.26 Å². The maximum Gasteiger partial charge on any atom is 0.269 e. The second-order valence-corrected chi connectivity index (χ2v) is 5.50. The molecule has 0 radical (unpaired) electrons. The summed E-state index contributed by atoms with van der Waals surface area (Å²) in [6, 6.07) is 21.4. The van der Waals surface area contributed by atoms with E-state index in [0.29, 0.717) is 12.1 Å². The second-order valence-electron chi connectivity index (χ2n) is 5.50. The molecule has 0 atom stereocenters. The SMILES string of the molecule is Cc1ccc(Cn2ccc(-c3ccccc3)c(C#N)c2=O)cc1. The summed E-state index contributed by atoms with van der Waals surface area (Å²) in [6.45, 7) is 2.49. The standard InChI is InChI=1S/C20H16N2O/c1-15-7-9-16(10-8-15)14-22-12-11-18(19(13-21)20(22)23)17-5-3-2-4-6-17/h2-12H,14H2,1H3. The van der Waals surface area contributed by atoms with Gasteiger partial charge in [0.15, 0.2) is 0 Å². The smallest absolute Gasteiger partial charge is 0.269 e. The van der Waals surface area contributed by atoms with Crippen molar-refractivity contribution < 1.29 is 0 Å². The lowest BCUT2D eigenvalue weighted by atomic mass is 10.0. The van der Waals surface area contributed by atoms with Gasteiger partial charge in [0.1, 0.15) is 11.6 Å². The number of hydrogen-bond acceptors (Lipinski definition) is 2. The third-order valence-corrected chi connectivity index (χ3v) is 3.84. The van der Waals surface area contributed by atoms with Crippen molar-refractivity contribution >= 4 is 0 Å². The number of hydrogen-bond donors (Lipinski definition) is 0. The van der Waals surface area contributed by atoms with Crippen LogP contribution in [0.1, 0.15) is 16.7 Å². The summed E-state index contributed by atoms with van der Waals surface area (Å²) in [5.74, 6) is 0. The Labute approximate surface area is 135 Å². The lowest BCUT2D eigenvalue weighted by Gasteiger charge is -2.10. The number of benzene rings is 2. The molecule has 0 saturated heterocycles. The fraction of sp³-hybridized carbons (Fsp3) is 0.100. The Kier molecular flexibility index (Phi) is 4.07. The Morgan fingerprint density at radius 2 is 1.70 bits per heavy atom. The molecule has 1 aromatic heterocycles. The Balaban J connectivity index is 2.03. The van der Waals surface area contributed by atoms with E-state index in [2.05, 4.69) is 6.07 Å². The molecular weight excluding hydrogens is 284 g/mol. The highest BCUT2D eigenvalue weighted by Crippen LogP contribution is 2.20. The number of nitriles is 1. The molecule has 0 unspecified atom stereocenters. The molecule has 2 aromatic carbocycles. The first-order chi connectivity index (χ1) is 11.2. The monoisotopic (exact) mass is 300 g/mol. The molecule has 0 amide bonds. The van der Waals surface area contributed by atoms with Crippen molar-refractivity contribution in [3.05, 3.63) is 93.9 Å². The molecule has 0 N–H and O–H groups in total. The molecule has 3 nitrogen and oxygen atoms in total. The van der Waals surface area contributed by atoms with Crippen LogP contribution in [0.3, 0.4) is 0 Å². The summed E-state index contributed by atoms with van der Waals surface area (Å²) < 4.78 is 1.58. The maximum absolute atomic E-state index is 12.6. The van der Waals surface area contributed by atoms with Gasteiger partial charge < -0.3 is 4.57 Å². The van der Waals surface area contributed by atoms with E-state index in [1.807, 2.05) is 67.6 Å². The molecule has 3 heteroatoms. The predicted molar refractivity (Wildman–Crippen MR) is 91.1 cm³/mol. The van der Waals surface area contributed by atoms with E-state index in [4.69, 9.17) is 0 Å². The molecule has 0 spiro atoms. The molecule has 3 aromatic rings. The molecule has 0 bridgehead atoms. The third-order valence-electron chi connectivity index (χ3n) is 3.84. The molecule has 0 fully saturated rings. The number of rotatable bonds is 3. The van der Waals surface area contributed by atoms with Crippen LogP contribution >= 0.6 is 0 Å². The van der Waals surface area contributed by atoms with E-state index in [1.165, 1.54) is 5.56 Å². The summed E-state index contributed by atoms with van der Waals surface area (Å²) in [7, 11) is 0. The maximum atomic E-state index is 12.6. The highest BCUT2D eigenvalue weighted by molar-refractivity contribution is 5.69. The summed E-state index contributed by atoms with van der Waals surface area (Å²) >= 11 is 0. The van der Waals surface area contributed by atoms with Gasteiger partial charge in [-0.1, -0.05) is 60.2 Å². The molecular formula is C20H16N2O. The van der Waals surface area contributed by atoms with E-state index in [-0.39, 0.29) is 11.1 Å². The van der Waals surface area contributed by atoms with E-state index >= 15 is 0 Å². The first-order valence-electron chi connectivity index (χ1n) is 7.43. The quantitative estimate of drug-likeness (QED) is 0.739. The van der Waals surface area contributed by atoms with E-state index < -0.39 is 0 Å². The summed E-state index contributed by atoms with van der Waals surface area (Å²) in [5, 5.41) is 9.42. The highest BCUT2D eigenvalue weighted by Gasteiger charge is 2.11. The zero-order valence-electron chi connectivity index (χ0n) is 12.9. The van der Waals surface area contributed by atoms with Gasteiger partial charge in [0.25, 0.3) is 5.56 Å². The molecule has 0 saturated carbocycles. The van der Waals surface area contributed by atoms with Crippen LogP contribution in [0.2, 0.25) is 0 Å². The van der Waals surface area contributed by atoms with Crippen LogP contribution < -0.4 is 5.56 Å². The van der Waals surface area contributed by atoms with Crippen molar-refractivity contribution in [2.45, 2.75) is 13.5 Å². The van der Waals surface area contributed by atoms with E-state index in [1.54, 1.807) is 10.8 Å². The number of pyridine rings is 1. The summed E-state index contributed by atoms with van der Waals surface area (Å²) in [4.78, 5) is 12.6.